The molecule has 1 aliphatic rings. The lowest BCUT2D eigenvalue weighted by molar-refractivity contribution is 0.407. The fourth-order valence-corrected chi connectivity index (χ4v) is 1.38. The highest BCUT2D eigenvalue weighted by Gasteiger charge is 2.08. The second-order valence-corrected chi connectivity index (χ2v) is 3.37. The van der Waals surface area contributed by atoms with E-state index < -0.39 is 0 Å². The van der Waals surface area contributed by atoms with Crippen LogP contribution in [-0.4, -0.2) is 10.9 Å². The third-order valence-corrected chi connectivity index (χ3v) is 2.02. The lowest BCUT2D eigenvalue weighted by Crippen LogP contribution is -2.09. The molecule has 0 saturated heterocycles. The average molecular weight is 188 g/mol. The molecule has 0 fully saturated rings. The first kappa shape index (κ1) is 8.81. The molecule has 1 heterocycles. The molecule has 72 valence electrons. The first-order valence-electron chi connectivity index (χ1n) is 4.52. The van der Waals surface area contributed by atoms with Crippen LogP contribution in [0.4, 0.5) is 5.69 Å². The van der Waals surface area contributed by atoms with E-state index in [-0.39, 0.29) is 0 Å². The van der Waals surface area contributed by atoms with Crippen molar-refractivity contribution >= 4 is 11.5 Å². The van der Waals surface area contributed by atoms with Crippen LogP contribution < -0.4 is 5.32 Å². The number of hydrogen-bond donors (Lipinski definition) is 2. The van der Waals surface area contributed by atoms with Crippen LogP contribution in [0.1, 0.15) is 12.0 Å². The van der Waals surface area contributed by atoms with Crippen LogP contribution in [-0.2, 0) is 0 Å². The molecule has 0 unspecified atom stereocenters. The highest BCUT2D eigenvalue weighted by Crippen LogP contribution is 2.14. The van der Waals surface area contributed by atoms with Gasteiger partial charge in [0.05, 0.1) is 12.6 Å². The van der Waals surface area contributed by atoms with Gasteiger partial charge in [-0.25, -0.2) is 4.99 Å². The molecular formula is C11H12N2O. The van der Waals surface area contributed by atoms with Crippen molar-refractivity contribution in [1.29, 1.82) is 0 Å². The van der Waals surface area contributed by atoms with Gasteiger partial charge in [-0.1, -0.05) is 12.1 Å². The van der Waals surface area contributed by atoms with Crippen LogP contribution in [0.25, 0.3) is 0 Å². The number of rotatable bonds is 1. The van der Waals surface area contributed by atoms with E-state index in [9.17, 15) is 0 Å². The Morgan fingerprint density at radius 3 is 2.93 bits per heavy atom. The Bertz CT molecular complexity index is 408. The topological polar surface area (TPSA) is 44.6 Å². The summed E-state index contributed by atoms with van der Waals surface area (Å²) in [4.78, 5) is 4.04. The van der Waals surface area contributed by atoms with Gasteiger partial charge in [-0.3, -0.25) is 0 Å². The number of aliphatic imine (C=N–C) groups is 1. The van der Waals surface area contributed by atoms with Crippen LogP contribution in [0.5, 0.6) is 0 Å². The first-order chi connectivity index (χ1) is 6.74. The minimum absolute atomic E-state index is 0.306. The molecule has 0 spiro atoms. The molecule has 0 radical (unpaired) electrons. The number of aliphatic hydroxyl groups excluding tert-OH is 1. The zero-order valence-corrected chi connectivity index (χ0v) is 7.99. The summed E-state index contributed by atoms with van der Waals surface area (Å²) in [5.74, 6) is 1.09. The van der Waals surface area contributed by atoms with Gasteiger partial charge in [0.2, 0.25) is 0 Å². The van der Waals surface area contributed by atoms with Crippen molar-refractivity contribution in [3.05, 3.63) is 41.8 Å². The number of aryl methyl sites for hydroxylation is 1. The summed E-state index contributed by atoms with van der Waals surface area (Å²) in [6, 6.07) is 8.04. The Hall–Kier alpha value is -1.77. The van der Waals surface area contributed by atoms with E-state index in [1.807, 2.05) is 31.2 Å². The minimum atomic E-state index is 0.306. The second-order valence-electron chi connectivity index (χ2n) is 3.37. The number of amidine groups is 1. The summed E-state index contributed by atoms with van der Waals surface area (Å²) in [7, 11) is 0. The summed E-state index contributed by atoms with van der Waals surface area (Å²) in [5.41, 5.74) is 2.21. The highest BCUT2D eigenvalue weighted by molar-refractivity contribution is 5.98. The van der Waals surface area contributed by atoms with E-state index in [4.69, 9.17) is 5.11 Å². The van der Waals surface area contributed by atoms with Gasteiger partial charge in [-0.15, -0.1) is 0 Å². The normalized spacial score (nSPS) is 14.9. The van der Waals surface area contributed by atoms with Gasteiger partial charge >= 0.3 is 0 Å². The fourth-order valence-electron chi connectivity index (χ4n) is 1.38. The molecule has 0 atom stereocenters. The zero-order valence-electron chi connectivity index (χ0n) is 7.99. The van der Waals surface area contributed by atoms with Crippen molar-refractivity contribution < 1.29 is 5.11 Å². The largest absolute Gasteiger partial charge is 0.510 e. The van der Waals surface area contributed by atoms with Crippen LogP contribution in [0.2, 0.25) is 0 Å². The van der Waals surface area contributed by atoms with E-state index in [1.54, 1.807) is 0 Å². The number of nitrogens with zero attached hydrogens (tertiary/aromatic N) is 1. The smallest absolute Gasteiger partial charge is 0.118 e. The summed E-state index contributed by atoms with van der Waals surface area (Å²) >= 11 is 0. The van der Waals surface area contributed by atoms with E-state index in [1.165, 1.54) is 11.8 Å². The predicted octanol–water partition coefficient (Wildman–Crippen LogP) is 2.61. The molecule has 1 aromatic carbocycles. The Kier molecular flexibility index (Phi) is 2.23. The van der Waals surface area contributed by atoms with Crippen molar-refractivity contribution in [2.24, 2.45) is 4.99 Å². The summed E-state index contributed by atoms with van der Waals surface area (Å²) in [6.07, 6.45) is 1.96. The number of aliphatic hydroxyl groups is 1. The van der Waals surface area contributed by atoms with Gasteiger partial charge in [0.25, 0.3) is 0 Å². The molecule has 3 heteroatoms. The van der Waals surface area contributed by atoms with Crippen LogP contribution in [0.15, 0.2) is 41.2 Å². The maximum atomic E-state index is 9.14. The number of anilines is 1. The summed E-state index contributed by atoms with van der Waals surface area (Å²) in [5, 5.41) is 12.3. The lowest BCUT2D eigenvalue weighted by Gasteiger charge is -2.05. The molecule has 0 amide bonds. The Morgan fingerprint density at radius 2 is 2.29 bits per heavy atom. The molecule has 14 heavy (non-hydrogen) atoms. The molecule has 0 bridgehead atoms. The summed E-state index contributed by atoms with van der Waals surface area (Å²) < 4.78 is 0. The van der Waals surface area contributed by atoms with Gasteiger partial charge in [0.15, 0.2) is 0 Å². The number of hydrogen-bond acceptors (Lipinski definition) is 3. The Morgan fingerprint density at radius 1 is 1.43 bits per heavy atom. The van der Waals surface area contributed by atoms with Gasteiger partial charge in [0, 0.05) is 5.69 Å². The van der Waals surface area contributed by atoms with Crippen LogP contribution in [0, 0.1) is 6.92 Å². The third kappa shape index (κ3) is 1.93. The average Bonchev–Trinajstić information content (AvgIpc) is 2.51. The molecule has 0 saturated carbocycles. The van der Waals surface area contributed by atoms with E-state index in [2.05, 4.69) is 10.3 Å². The zero-order chi connectivity index (χ0) is 9.97. The van der Waals surface area contributed by atoms with Gasteiger partial charge < -0.3 is 10.4 Å². The molecule has 1 aliphatic heterocycles. The SMILES string of the molecule is Cc1cccc(NC2=NC=C(O)C2)c1. The molecule has 0 aromatic heterocycles. The molecular weight excluding hydrogens is 176 g/mol. The van der Waals surface area contributed by atoms with E-state index in [0.29, 0.717) is 12.2 Å². The van der Waals surface area contributed by atoms with E-state index in [0.717, 1.165) is 11.5 Å². The second kappa shape index (κ2) is 3.54. The highest BCUT2D eigenvalue weighted by atomic mass is 16.3. The summed E-state index contributed by atoms with van der Waals surface area (Å²) in [6.45, 7) is 2.04. The van der Waals surface area contributed by atoms with Gasteiger partial charge in [0.1, 0.15) is 11.6 Å². The Labute approximate surface area is 82.8 Å². The fraction of sp³-hybridized carbons (Fsp3) is 0.182. The van der Waals surface area contributed by atoms with Crippen molar-refractivity contribution in [3.63, 3.8) is 0 Å². The molecule has 0 aliphatic carbocycles. The van der Waals surface area contributed by atoms with Crippen molar-refractivity contribution in [3.8, 4) is 0 Å². The monoisotopic (exact) mass is 188 g/mol. The maximum Gasteiger partial charge on any atom is 0.118 e. The quantitative estimate of drug-likeness (QED) is 0.711. The van der Waals surface area contributed by atoms with Crippen LogP contribution >= 0.6 is 0 Å². The molecule has 2 N–H and O–H groups in total. The van der Waals surface area contributed by atoms with Crippen molar-refractivity contribution in [2.45, 2.75) is 13.3 Å². The van der Waals surface area contributed by atoms with E-state index >= 15 is 0 Å². The standard InChI is InChI=1S/C11H12N2O/c1-8-3-2-4-9(5-8)13-11-6-10(14)7-12-11/h2-5,7,14H,6H2,1H3,(H,12,13). The van der Waals surface area contributed by atoms with Gasteiger partial charge in [-0.2, -0.15) is 0 Å². The first-order valence-corrected chi connectivity index (χ1v) is 4.52. The van der Waals surface area contributed by atoms with Gasteiger partial charge in [-0.05, 0) is 24.6 Å². The number of benzene rings is 1. The predicted molar refractivity (Wildman–Crippen MR) is 57.6 cm³/mol. The minimum Gasteiger partial charge on any atom is -0.510 e. The Balaban J connectivity index is 2.06. The molecule has 3 nitrogen and oxygen atoms in total. The molecule has 2 rings (SSSR count). The third-order valence-electron chi connectivity index (χ3n) is 2.02. The maximum absolute atomic E-state index is 9.14. The lowest BCUT2D eigenvalue weighted by atomic mass is 10.2. The van der Waals surface area contributed by atoms with Crippen molar-refractivity contribution in [1.82, 2.24) is 0 Å². The van der Waals surface area contributed by atoms with Crippen LogP contribution in [0.3, 0.4) is 0 Å². The number of nitrogens with one attached hydrogen (secondary N) is 1. The van der Waals surface area contributed by atoms with Crippen molar-refractivity contribution in [2.75, 3.05) is 5.32 Å². The molecule has 1 aromatic rings.